The van der Waals surface area contributed by atoms with E-state index in [0.717, 1.165) is 103 Å². The van der Waals surface area contributed by atoms with E-state index in [1.165, 1.54) is 44.9 Å². The van der Waals surface area contributed by atoms with Gasteiger partial charge in [0.25, 0.3) is 7.82 Å². The lowest BCUT2D eigenvalue weighted by molar-refractivity contribution is -0.870. The molecule has 10 heteroatoms. The Morgan fingerprint density at radius 1 is 0.551 bits per heavy atom. The average Bonchev–Trinajstić information content (AvgIpc) is 3.31. The topological polar surface area (TPSA) is 128 Å². The van der Waals surface area contributed by atoms with Gasteiger partial charge < -0.3 is 34.0 Å². The van der Waals surface area contributed by atoms with Crippen molar-refractivity contribution >= 4 is 13.7 Å². The molecule has 0 spiro atoms. The van der Waals surface area contributed by atoms with Crippen LogP contribution in [-0.4, -0.2) is 79.8 Å². The smallest absolute Gasteiger partial charge is 0.268 e. The van der Waals surface area contributed by atoms with Crippen molar-refractivity contribution in [3.63, 3.8) is 0 Å². The van der Waals surface area contributed by atoms with Gasteiger partial charge in [0.1, 0.15) is 19.3 Å². The number of aliphatic hydroxyl groups is 2. The van der Waals surface area contributed by atoms with Crippen LogP contribution in [0.5, 0.6) is 0 Å². The Labute approximate surface area is 423 Å². The maximum Gasteiger partial charge on any atom is 0.268 e. The fourth-order valence-corrected chi connectivity index (χ4v) is 7.82. The van der Waals surface area contributed by atoms with Gasteiger partial charge in [-0.25, -0.2) is 0 Å². The average molecular weight is 981 g/mol. The Morgan fingerprint density at radius 3 is 1.41 bits per heavy atom. The van der Waals surface area contributed by atoms with Crippen LogP contribution in [0.3, 0.4) is 0 Å². The number of amides is 1. The first kappa shape index (κ1) is 65.9. The van der Waals surface area contributed by atoms with Gasteiger partial charge in [0, 0.05) is 6.42 Å². The number of rotatable bonds is 47. The van der Waals surface area contributed by atoms with Crippen molar-refractivity contribution in [3.05, 3.63) is 122 Å². The first-order valence-corrected chi connectivity index (χ1v) is 28.4. The van der Waals surface area contributed by atoms with Crippen molar-refractivity contribution < 1.29 is 38.0 Å². The molecule has 4 unspecified atom stereocenters. The van der Waals surface area contributed by atoms with Crippen molar-refractivity contribution in [3.8, 4) is 0 Å². The summed E-state index contributed by atoms with van der Waals surface area (Å²) in [5.41, 5.74) is 0. The molecule has 0 aliphatic rings. The fraction of sp³-hybridized carbons (Fsp3) is 0.644. The summed E-state index contributed by atoms with van der Waals surface area (Å²) in [7, 11) is 1.07. The van der Waals surface area contributed by atoms with Gasteiger partial charge in [0.05, 0.1) is 39.9 Å². The number of hydrogen-bond acceptors (Lipinski definition) is 7. The lowest BCUT2D eigenvalue weighted by Crippen LogP contribution is -2.51. The van der Waals surface area contributed by atoms with Gasteiger partial charge in [-0.2, -0.15) is 0 Å². The summed E-state index contributed by atoms with van der Waals surface area (Å²) in [6.45, 7) is 4.05. The third-order valence-electron chi connectivity index (χ3n) is 11.3. The molecule has 3 N–H and O–H groups in total. The largest absolute Gasteiger partial charge is 0.756 e. The normalized spacial score (nSPS) is 15.4. The third kappa shape index (κ3) is 49.6. The molecular formula is C59H101N2O7P. The van der Waals surface area contributed by atoms with Crippen LogP contribution in [0.15, 0.2) is 122 Å². The van der Waals surface area contributed by atoms with Gasteiger partial charge in [-0.1, -0.05) is 186 Å². The van der Waals surface area contributed by atoms with Crippen molar-refractivity contribution in [2.75, 3.05) is 40.9 Å². The monoisotopic (exact) mass is 981 g/mol. The highest BCUT2D eigenvalue weighted by atomic mass is 31.2. The Kier molecular flexibility index (Phi) is 46.3. The number of unbranched alkanes of at least 4 members (excludes halogenated alkanes) is 14. The molecule has 394 valence electrons. The van der Waals surface area contributed by atoms with Crippen LogP contribution >= 0.6 is 7.82 Å². The lowest BCUT2D eigenvalue weighted by Gasteiger charge is -2.31. The number of phosphoric ester groups is 1. The van der Waals surface area contributed by atoms with Crippen molar-refractivity contribution in [1.29, 1.82) is 0 Å². The second-order valence-electron chi connectivity index (χ2n) is 19.0. The molecule has 69 heavy (non-hydrogen) atoms. The molecule has 0 saturated carbocycles. The van der Waals surface area contributed by atoms with Gasteiger partial charge in [-0.05, 0) is 116 Å². The van der Waals surface area contributed by atoms with E-state index < -0.39 is 32.7 Å². The molecule has 4 atom stereocenters. The van der Waals surface area contributed by atoms with Crippen molar-refractivity contribution in [2.45, 2.75) is 205 Å². The minimum Gasteiger partial charge on any atom is -0.756 e. The zero-order chi connectivity index (χ0) is 50.8. The van der Waals surface area contributed by atoms with E-state index in [-0.39, 0.29) is 18.9 Å². The minimum absolute atomic E-state index is 0.0570. The van der Waals surface area contributed by atoms with Gasteiger partial charge >= 0.3 is 0 Å². The Hall–Kier alpha value is -3.14. The minimum atomic E-state index is -4.69. The van der Waals surface area contributed by atoms with Gasteiger partial charge in [-0.3, -0.25) is 9.36 Å². The second-order valence-corrected chi connectivity index (χ2v) is 20.4. The van der Waals surface area contributed by atoms with Crippen LogP contribution in [0.25, 0.3) is 0 Å². The summed E-state index contributed by atoms with van der Waals surface area (Å²) in [5.74, 6) is -0.305. The molecule has 0 bridgehead atoms. The number of carbonyl (C=O) groups excluding carboxylic acids is 1. The SMILES string of the molecule is C/C=C/CC/C=C/CC/C=C/CCCC(O)C(O)C(COP(=O)([O-])OCC[N+](C)(C)C)NC(=O)CCCCCCCCCCCCC/C=C\C/C=C\C/C=C\C/C=C\C/C=C\C/C=C\C/C=C\CC. The molecule has 0 radical (unpaired) electrons. The molecule has 0 aromatic carbocycles. The fourth-order valence-electron chi connectivity index (χ4n) is 7.10. The van der Waals surface area contributed by atoms with Crippen LogP contribution in [0, 0.1) is 0 Å². The van der Waals surface area contributed by atoms with Crippen LogP contribution in [0.2, 0.25) is 0 Å². The number of carbonyl (C=O) groups is 1. The second kappa shape index (κ2) is 48.5. The number of phosphoric acid groups is 1. The Balaban J connectivity index is 4.24. The highest BCUT2D eigenvalue weighted by molar-refractivity contribution is 7.45. The molecule has 9 nitrogen and oxygen atoms in total. The van der Waals surface area contributed by atoms with Crippen molar-refractivity contribution in [1.82, 2.24) is 5.32 Å². The number of nitrogens with one attached hydrogen (secondary N) is 1. The number of quaternary nitrogens is 1. The standard InChI is InChI=1S/C59H101N2O7P/c1-6-8-10-12-14-16-18-20-21-22-23-24-25-26-27-28-29-30-31-32-33-34-35-36-37-38-39-40-42-44-46-48-50-52-58(63)60-56(55-68-69(65,66)67-54-53-61(3,4)5)59(64)57(62)51-49-47-45-43-41-19-17-15-13-11-9-7-2/h7-10,14-17,20-21,23-24,26-27,29-30,32-33,43,45,56-57,59,62,64H,6,11-13,18-19,22,25,28,31,34-42,44,46-55H2,1-5H3,(H-,60,63,65,66)/b9-7+,10-8-,16-14-,17-15+,21-20-,24-23-,27-26-,30-29-,33-32-,45-43+. The number of allylic oxidation sites excluding steroid dienone is 20. The molecule has 0 fully saturated rings. The quantitative estimate of drug-likeness (QED) is 0.0240. The molecule has 0 aliphatic carbocycles. The van der Waals surface area contributed by atoms with Gasteiger partial charge in [0.2, 0.25) is 5.91 Å². The van der Waals surface area contributed by atoms with E-state index in [1.54, 1.807) is 0 Å². The van der Waals surface area contributed by atoms with Gasteiger partial charge in [0.15, 0.2) is 0 Å². The maximum atomic E-state index is 13.0. The summed E-state index contributed by atoms with van der Waals surface area (Å²) in [6, 6.07) is -1.11. The summed E-state index contributed by atoms with van der Waals surface area (Å²) in [6.07, 6.45) is 68.5. The third-order valence-corrected chi connectivity index (χ3v) is 12.3. The first-order chi connectivity index (χ1) is 33.4. The lowest BCUT2D eigenvalue weighted by atomic mass is 10.0. The molecular weight excluding hydrogens is 880 g/mol. The molecule has 0 rings (SSSR count). The van der Waals surface area contributed by atoms with E-state index in [4.69, 9.17) is 9.05 Å². The van der Waals surface area contributed by atoms with Crippen molar-refractivity contribution in [2.24, 2.45) is 0 Å². The maximum absolute atomic E-state index is 13.0. The van der Waals surface area contributed by atoms with Crippen LogP contribution in [0.1, 0.15) is 187 Å². The van der Waals surface area contributed by atoms with Crippen LogP contribution in [-0.2, 0) is 18.4 Å². The van der Waals surface area contributed by atoms with Crippen LogP contribution in [0.4, 0.5) is 0 Å². The molecule has 1 amide bonds. The molecule has 0 aliphatic heterocycles. The predicted molar refractivity (Wildman–Crippen MR) is 294 cm³/mol. The molecule has 0 aromatic heterocycles. The highest BCUT2D eigenvalue weighted by Crippen LogP contribution is 2.38. The zero-order valence-corrected chi connectivity index (χ0v) is 45.2. The molecule has 0 aromatic rings. The number of nitrogens with zero attached hydrogens (tertiary/aromatic N) is 1. The number of hydrogen-bond donors (Lipinski definition) is 3. The van der Waals surface area contributed by atoms with E-state index in [0.29, 0.717) is 30.3 Å². The van der Waals surface area contributed by atoms with E-state index in [9.17, 15) is 24.5 Å². The first-order valence-electron chi connectivity index (χ1n) is 26.9. The molecule has 0 saturated heterocycles. The summed E-state index contributed by atoms with van der Waals surface area (Å²) in [4.78, 5) is 25.5. The Morgan fingerprint density at radius 2 is 0.942 bits per heavy atom. The van der Waals surface area contributed by atoms with Crippen LogP contribution < -0.4 is 10.2 Å². The van der Waals surface area contributed by atoms with E-state index >= 15 is 0 Å². The van der Waals surface area contributed by atoms with E-state index in [1.807, 2.05) is 28.1 Å². The Bertz CT molecular complexity index is 1550. The highest BCUT2D eigenvalue weighted by Gasteiger charge is 2.29. The summed E-state index contributed by atoms with van der Waals surface area (Å²) >= 11 is 0. The predicted octanol–water partition coefficient (Wildman–Crippen LogP) is 14.5. The summed E-state index contributed by atoms with van der Waals surface area (Å²) in [5, 5.41) is 24.6. The summed E-state index contributed by atoms with van der Waals surface area (Å²) < 4.78 is 23.2. The van der Waals surface area contributed by atoms with E-state index in [2.05, 4.69) is 134 Å². The zero-order valence-electron chi connectivity index (χ0n) is 44.3. The molecule has 0 heterocycles. The number of aliphatic hydroxyl groups excluding tert-OH is 2. The van der Waals surface area contributed by atoms with Gasteiger partial charge in [-0.15, -0.1) is 0 Å². The number of likely N-dealkylation sites (N-methyl/N-ethyl adjacent to an activating group) is 1.